The lowest BCUT2D eigenvalue weighted by atomic mass is 10.0. The Kier molecular flexibility index (Phi) is 4.22. The summed E-state index contributed by atoms with van der Waals surface area (Å²) in [6.07, 6.45) is 0.862. The summed E-state index contributed by atoms with van der Waals surface area (Å²) in [6, 6.07) is 11.7. The van der Waals surface area contributed by atoms with Crippen LogP contribution in [0.15, 0.2) is 36.4 Å². The molecule has 3 rings (SSSR count). The molecular formula is C18H19NO3. The molecule has 0 saturated heterocycles. The summed E-state index contributed by atoms with van der Waals surface area (Å²) in [7, 11) is 1.92. The first-order valence-electron chi connectivity index (χ1n) is 7.29. The van der Waals surface area contributed by atoms with E-state index < -0.39 is 0 Å². The third kappa shape index (κ3) is 3.03. The summed E-state index contributed by atoms with van der Waals surface area (Å²) in [5.41, 5.74) is 5.19. The molecular weight excluding hydrogens is 278 g/mol. The van der Waals surface area contributed by atoms with E-state index in [2.05, 4.69) is 6.07 Å². The number of hydrogen-bond donors (Lipinski definition) is 0. The maximum absolute atomic E-state index is 10.8. The van der Waals surface area contributed by atoms with Crippen molar-refractivity contribution in [3.8, 4) is 5.75 Å². The standard InChI is InChI=1S/C18H19NO3/c1-13-8-14(10-20)6-7-15(13)11-21-18-5-3-4-16-12-22-19(2)9-17(16)18/h3-8,10H,9,11-12H2,1-2H3. The van der Waals surface area contributed by atoms with Gasteiger partial charge in [-0.3, -0.25) is 9.63 Å². The molecule has 0 atom stereocenters. The second-order valence-electron chi connectivity index (χ2n) is 5.55. The van der Waals surface area contributed by atoms with E-state index in [9.17, 15) is 4.79 Å². The van der Waals surface area contributed by atoms with E-state index >= 15 is 0 Å². The molecule has 0 spiro atoms. The molecule has 0 aromatic heterocycles. The molecule has 0 saturated carbocycles. The van der Waals surface area contributed by atoms with Crippen LogP contribution in [0.5, 0.6) is 5.75 Å². The second-order valence-corrected chi connectivity index (χ2v) is 5.55. The molecule has 2 aromatic rings. The number of aryl methyl sites for hydroxylation is 1. The average Bonchev–Trinajstić information content (AvgIpc) is 2.53. The van der Waals surface area contributed by atoms with Gasteiger partial charge in [0, 0.05) is 18.2 Å². The van der Waals surface area contributed by atoms with Crippen molar-refractivity contribution < 1.29 is 14.4 Å². The van der Waals surface area contributed by atoms with Gasteiger partial charge >= 0.3 is 0 Å². The summed E-state index contributed by atoms with van der Waals surface area (Å²) in [5.74, 6) is 0.895. The molecule has 0 radical (unpaired) electrons. The lowest BCUT2D eigenvalue weighted by molar-refractivity contribution is -0.168. The van der Waals surface area contributed by atoms with Gasteiger partial charge < -0.3 is 4.74 Å². The normalized spacial score (nSPS) is 14.5. The van der Waals surface area contributed by atoms with Crippen LogP contribution in [0.3, 0.4) is 0 Å². The molecule has 1 aliphatic heterocycles. The highest BCUT2D eigenvalue weighted by molar-refractivity contribution is 5.75. The zero-order valence-corrected chi connectivity index (χ0v) is 12.8. The minimum absolute atomic E-state index is 0.492. The van der Waals surface area contributed by atoms with Gasteiger partial charge in [0.25, 0.3) is 0 Å². The summed E-state index contributed by atoms with van der Waals surface area (Å²) in [6.45, 7) is 3.78. The molecule has 1 aliphatic rings. The zero-order valence-electron chi connectivity index (χ0n) is 12.8. The van der Waals surface area contributed by atoms with Crippen LogP contribution in [-0.4, -0.2) is 18.4 Å². The fraction of sp³-hybridized carbons (Fsp3) is 0.278. The number of carbonyl (C=O) groups is 1. The molecule has 1 heterocycles. The predicted molar refractivity (Wildman–Crippen MR) is 83.6 cm³/mol. The lowest BCUT2D eigenvalue weighted by Crippen LogP contribution is -2.24. The van der Waals surface area contributed by atoms with Crippen molar-refractivity contribution in [3.63, 3.8) is 0 Å². The van der Waals surface area contributed by atoms with Gasteiger partial charge in [0.05, 0.1) is 13.2 Å². The summed E-state index contributed by atoms with van der Waals surface area (Å²) >= 11 is 0. The molecule has 4 heteroatoms. The highest BCUT2D eigenvalue weighted by Gasteiger charge is 2.18. The van der Waals surface area contributed by atoms with Crippen molar-refractivity contribution in [3.05, 3.63) is 64.2 Å². The number of rotatable bonds is 4. The smallest absolute Gasteiger partial charge is 0.150 e. The molecule has 2 aromatic carbocycles. The molecule has 0 unspecified atom stereocenters. The average molecular weight is 297 g/mol. The van der Waals surface area contributed by atoms with Crippen LogP contribution in [0.4, 0.5) is 0 Å². The molecule has 0 fully saturated rings. The molecule has 114 valence electrons. The first-order chi connectivity index (χ1) is 10.7. The van der Waals surface area contributed by atoms with E-state index in [0.29, 0.717) is 25.3 Å². The topological polar surface area (TPSA) is 38.8 Å². The number of nitrogens with zero attached hydrogens (tertiary/aromatic N) is 1. The largest absolute Gasteiger partial charge is 0.489 e. The first kappa shape index (κ1) is 14.8. The summed E-state index contributed by atoms with van der Waals surface area (Å²) in [5, 5.41) is 1.82. The number of fused-ring (bicyclic) bond motifs is 1. The van der Waals surface area contributed by atoms with Crippen LogP contribution < -0.4 is 4.74 Å². The van der Waals surface area contributed by atoms with Crippen molar-refractivity contribution in [2.45, 2.75) is 26.7 Å². The fourth-order valence-corrected chi connectivity index (χ4v) is 2.62. The lowest BCUT2D eigenvalue weighted by Gasteiger charge is -2.26. The highest BCUT2D eigenvalue weighted by Crippen LogP contribution is 2.29. The van der Waals surface area contributed by atoms with Gasteiger partial charge in [-0.2, -0.15) is 5.06 Å². The number of aldehydes is 1. The van der Waals surface area contributed by atoms with Crippen molar-refractivity contribution >= 4 is 6.29 Å². The Hall–Kier alpha value is -2.17. The van der Waals surface area contributed by atoms with E-state index in [4.69, 9.17) is 9.57 Å². The van der Waals surface area contributed by atoms with Gasteiger partial charge in [0.2, 0.25) is 0 Å². The Morgan fingerprint density at radius 2 is 2.18 bits per heavy atom. The summed E-state index contributed by atoms with van der Waals surface area (Å²) in [4.78, 5) is 16.3. The van der Waals surface area contributed by atoms with Gasteiger partial charge in [0.15, 0.2) is 0 Å². The molecule has 0 amide bonds. The van der Waals surface area contributed by atoms with E-state index in [1.165, 1.54) is 11.1 Å². The monoisotopic (exact) mass is 297 g/mol. The molecule has 0 bridgehead atoms. The van der Waals surface area contributed by atoms with E-state index in [0.717, 1.165) is 23.2 Å². The molecule has 22 heavy (non-hydrogen) atoms. The van der Waals surface area contributed by atoms with Gasteiger partial charge in [-0.1, -0.05) is 24.3 Å². The van der Waals surface area contributed by atoms with Gasteiger partial charge in [0.1, 0.15) is 18.6 Å². The Morgan fingerprint density at radius 1 is 1.32 bits per heavy atom. The van der Waals surface area contributed by atoms with Crippen LogP contribution in [0.1, 0.15) is 32.6 Å². The Labute approximate surface area is 130 Å². The van der Waals surface area contributed by atoms with Crippen LogP contribution >= 0.6 is 0 Å². The van der Waals surface area contributed by atoms with Crippen molar-refractivity contribution in [1.29, 1.82) is 0 Å². The quantitative estimate of drug-likeness (QED) is 0.812. The van der Waals surface area contributed by atoms with Gasteiger partial charge in [-0.25, -0.2) is 0 Å². The first-order valence-corrected chi connectivity index (χ1v) is 7.29. The third-order valence-corrected chi connectivity index (χ3v) is 3.94. The third-order valence-electron chi connectivity index (χ3n) is 3.94. The summed E-state index contributed by atoms with van der Waals surface area (Å²) < 4.78 is 6.02. The number of hydroxylamine groups is 2. The number of hydrogen-bond acceptors (Lipinski definition) is 4. The minimum Gasteiger partial charge on any atom is -0.489 e. The van der Waals surface area contributed by atoms with E-state index in [-0.39, 0.29) is 0 Å². The van der Waals surface area contributed by atoms with Crippen molar-refractivity contribution in [2.75, 3.05) is 7.05 Å². The maximum atomic E-state index is 10.8. The Bertz CT molecular complexity index is 697. The minimum atomic E-state index is 0.492. The second kappa shape index (κ2) is 6.30. The maximum Gasteiger partial charge on any atom is 0.150 e. The molecule has 4 nitrogen and oxygen atoms in total. The fourth-order valence-electron chi connectivity index (χ4n) is 2.62. The SMILES string of the molecule is Cc1cc(C=O)ccc1COc1cccc2c1CN(C)OC2. The Morgan fingerprint density at radius 3 is 2.95 bits per heavy atom. The predicted octanol–water partition coefficient (Wildman–Crippen LogP) is 3.26. The van der Waals surface area contributed by atoms with Crippen molar-refractivity contribution in [1.82, 2.24) is 5.06 Å². The molecule has 0 aliphatic carbocycles. The number of ether oxygens (including phenoxy) is 1. The van der Waals surface area contributed by atoms with Gasteiger partial charge in [-0.15, -0.1) is 0 Å². The van der Waals surface area contributed by atoms with Crippen LogP contribution in [-0.2, 0) is 24.6 Å². The van der Waals surface area contributed by atoms with Crippen LogP contribution in [0.25, 0.3) is 0 Å². The van der Waals surface area contributed by atoms with Crippen LogP contribution in [0.2, 0.25) is 0 Å². The Balaban J connectivity index is 1.78. The van der Waals surface area contributed by atoms with E-state index in [1.54, 1.807) is 0 Å². The highest BCUT2D eigenvalue weighted by atomic mass is 16.7. The molecule has 0 N–H and O–H groups in total. The zero-order chi connectivity index (χ0) is 15.5. The van der Waals surface area contributed by atoms with Gasteiger partial charge in [-0.05, 0) is 35.7 Å². The van der Waals surface area contributed by atoms with Crippen molar-refractivity contribution in [2.24, 2.45) is 0 Å². The number of carbonyl (C=O) groups excluding carboxylic acids is 1. The van der Waals surface area contributed by atoms with E-state index in [1.807, 2.05) is 49.4 Å². The number of benzene rings is 2. The van der Waals surface area contributed by atoms with Crippen LogP contribution in [0, 0.1) is 6.92 Å².